The van der Waals surface area contributed by atoms with Crippen LogP contribution in [0.3, 0.4) is 0 Å². The Morgan fingerprint density at radius 3 is 2.95 bits per heavy atom. The molecule has 0 spiro atoms. The van der Waals surface area contributed by atoms with Crippen molar-refractivity contribution in [1.29, 1.82) is 0 Å². The Bertz CT molecular complexity index is 656. The number of rotatable bonds is 1. The van der Waals surface area contributed by atoms with Crippen LogP contribution in [0.5, 0.6) is 0 Å². The standard InChI is InChI=1S/C15H15NO3/c1-10-4-5-13-11(7-10)8-14(19-13)15(18)16-6-2-3-12(17)9-16/h4-5,7-8H,2-3,6,9H2,1H3. The van der Waals surface area contributed by atoms with E-state index >= 15 is 0 Å². The fourth-order valence-electron chi connectivity index (χ4n) is 2.44. The molecule has 19 heavy (non-hydrogen) atoms. The molecule has 1 aromatic carbocycles. The third kappa shape index (κ3) is 2.26. The molecule has 0 atom stereocenters. The highest BCUT2D eigenvalue weighted by Crippen LogP contribution is 2.22. The highest BCUT2D eigenvalue weighted by molar-refractivity contribution is 5.98. The zero-order valence-corrected chi connectivity index (χ0v) is 10.8. The number of Topliss-reactive ketones (excluding diaryl/α,β-unsaturated/α-hetero) is 1. The molecule has 1 aliphatic heterocycles. The van der Waals surface area contributed by atoms with Crippen LogP contribution in [-0.2, 0) is 4.79 Å². The molecule has 98 valence electrons. The molecule has 1 aliphatic rings. The van der Waals surface area contributed by atoms with Crippen molar-refractivity contribution in [2.45, 2.75) is 19.8 Å². The van der Waals surface area contributed by atoms with E-state index in [1.165, 1.54) is 0 Å². The second kappa shape index (κ2) is 4.53. The predicted molar refractivity (Wildman–Crippen MR) is 71.1 cm³/mol. The van der Waals surface area contributed by atoms with E-state index in [4.69, 9.17) is 4.42 Å². The van der Waals surface area contributed by atoms with Gasteiger partial charge in [0.05, 0.1) is 6.54 Å². The van der Waals surface area contributed by atoms with E-state index in [2.05, 4.69) is 0 Å². The lowest BCUT2D eigenvalue weighted by Gasteiger charge is -2.24. The van der Waals surface area contributed by atoms with Gasteiger partial charge in [-0.2, -0.15) is 0 Å². The number of carbonyl (C=O) groups is 2. The van der Waals surface area contributed by atoms with E-state index in [9.17, 15) is 9.59 Å². The molecule has 1 amide bonds. The molecule has 0 saturated carbocycles. The summed E-state index contributed by atoms with van der Waals surface area (Å²) in [6.45, 7) is 2.83. The summed E-state index contributed by atoms with van der Waals surface area (Å²) in [6, 6.07) is 7.55. The Balaban J connectivity index is 1.90. The van der Waals surface area contributed by atoms with Crippen LogP contribution in [0, 0.1) is 6.92 Å². The summed E-state index contributed by atoms with van der Waals surface area (Å²) in [7, 11) is 0. The van der Waals surface area contributed by atoms with Gasteiger partial charge in [-0.15, -0.1) is 0 Å². The lowest BCUT2D eigenvalue weighted by molar-refractivity contribution is -0.121. The van der Waals surface area contributed by atoms with Gasteiger partial charge in [0.15, 0.2) is 11.5 Å². The van der Waals surface area contributed by atoms with Crippen molar-refractivity contribution in [2.24, 2.45) is 0 Å². The summed E-state index contributed by atoms with van der Waals surface area (Å²) < 4.78 is 5.57. The van der Waals surface area contributed by atoms with Crippen molar-refractivity contribution in [2.75, 3.05) is 13.1 Å². The van der Waals surface area contributed by atoms with Gasteiger partial charge in [0.2, 0.25) is 0 Å². The summed E-state index contributed by atoms with van der Waals surface area (Å²) in [5.74, 6) is 0.240. The second-order valence-electron chi connectivity index (χ2n) is 5.02. The molecule has 0 radical (unpaired) electrons. The lowest BCUT2D eigenvalue weighted by Crippen LogP contribution is -2.39. The Morgan fingerprint density at radius 2 is 2.16 bits per heavy atom. The van der Waals surface area contributed by atoms with Crippen molar-refractivity contribution in [3.63, 3.8) is 0 Å². The fraction of sp³-hybridized carbons (Fsp3) is 0.333. The molecular formula is C15H15NO3. The van der Waals surface area contributed by atoms with Crippen molar-refractivity contribution >= 4 is 22.7 Å². The molecule has 4 heteroatoms. The van der Waals surface area contributed by atoms with E-state index in [0.717, 1.165) is 17.4 Å². The minimum atomic E-state index is -0.193. The monoisotopic (exact) mass is 257 g/mol. The average molecular weight is 257 g/mol. The molecule has 3 rings (SSSR count). The van der Waals surface area contributed by atoms with Crippen LogP contribution < -0.4 is 0 Å². The van der Waals surface area contributed by atoms with Gasteiger partial charge in [-0.05, 0) is 31.5 Å². The zero-order valence-electron chi connectivity index (χ0n) is 10.8. The maximum absolute atomic E-state index is 12.3. The van der Waals surface area contributed by atoms with Crippen LogP contribution >= 0.6 is 0 Å². The molecule has 0 aliphatic carbocycles. The molecule has 1 fully saturated rings. The smallest absolute Gasteiger partial charge is 0.290 e. The van der Waals surface area contributed by atoms with Crippen LogP contribution in [0.15, 0.2) is 28.7 Å². The van der Waals surface area contributed by atoms with E-state index < -0.39 is 0 Å². The van der Waals surface area contributed by atoms with Gasteiger partial charge in [0, 0.05) is 18.4 Å². The van der Waals surface area contributed by atoms with E-state index in [-0.39, 0.29) is 18.2 Å². The first-order valence-corrected chi connectivity index (χ1v) is 6.45. The molecule has 4 nitrogen and oxygen atoms in total. The quantitative estimate of drug-likeness (QED) is 0.788. The minimum absolute atomic E-state index is 0.117. The summed E-state index contributed by atoms with van der Waals surface area (Å²) in [5, 5.41) is 0.923. The van der Waals surface area contributed by atoms with Crippen LogP contribution in [0.2, 0.25) is 0 Å². The first-order valence-electron chi connectivity index (χ1n) is 6.45. The maximum atomic E-state index is 12.3. The van der Waals surface area contributed by atoms with Crippen LogP contribution in [0.1, 0.15) is 29.0 Å². The maximum Gasteiger partial charge on any atom is 0.290 e. The molecule has 2 heterocycles. The number of aryl methyl sites for hydroxylation is 1. The largest absolute Gasteiger partial charge is 0.451 e. The third-order valence-electron chi connectivity index (χ3n) is 3.42. The van der Waals surface area contributed by atoms with Gasteiger partial charge in [-0.1, -0.05) is 11.6 Å². The summed E-state index contributed by atoms with van der Waals surface area (Å²) in [5.41, 5.74) is 1.83. The van der Waals surface area contributed by atoms with E-state index in [0.29, 0.717) is 24.3 Å². The Morgan fingerprint density at radius 1 is 1.32 bits per heavy atom. The van der Waals surface area contributed by atoms with E-state index in [1.54, 1.807) is 11.0 Å². The molecule has 0 unspecified atom stereocenters. The van der Waals surface area contributed by atoms with Crippen molar-refractivity contribution in [1.82, 2.24) is 4.90 Å². The van der Waals surface area contributed by atoms with Gasteiger partial charge in [-0.25, -0.2) is 0 Å². The van der Waals surface area contributed by atoms with Crippen LogP contribution in [-0.4, -0.2) is 29.7 Å². The molecule has 0 N–H and O–H groups in total. The number of piperidine rings is 1. The van der Waals surface area contributed by atoms with Crippen molar-refractivity contribution in [3.05, 3.63) is 35.6 Å². The number of nitrogens with zero attached hydrogens (tertiary/aromatic N) is 1. The molecular weight excluding hydrogens is 242 g/mol. The van der Waals surface area contributed by atoms with E-state index in [1.807, 2.05) is 25.1 Å². The van der Waals surface area contributed by atoms with Crippen molar-refractivity contribution in [3.8, 4) is 0 Å². The normalized spacial score (nSPS) is 16.1. The third-order valence-corrected chi connectivity index (χ3v) is 3.42. The minimum Gasteiger partial charge on any atom is -0.451 e. The first kappa shape index (κ1) is 12.0. The van der Waals surface area contributed by atoms with Crippen molar-refractivity contribution < 1.29 is 14.0 Å². The predicted octanol–water partition coefficient (Wildman–Crippen LogP) is 2.55. The summed E-state index contributed by atoms with van der Waals surface area (Å²) in [4.78, 5) is 25.2. The number of likely N-dealkylation sites (tertiary alicyclic amines) is 1. The Kier molecular flexibility index (Phi) is 2.85. The number of hydrogen-bond donors (Lipinski definition) is 0. The Labute approximate surface area is 111 Å². The summed E-state index contributed by atoms with van der Waals surface area (Å²) in [6.07, 6.45) is 1.31. The summed E-state index contributed by atoms with van der Waals surface area (Å²) >= 11 is 0. The number of amides is 1. The van der Waals surface area contributed by atoms with Crippen LogP contribution in [0.4, 0.5) is 0 Å². The number of furan rings is 1. The first-order chi connectivity index (χ1) is 9.13. The van der Waals surface area contributed by atoms with Gasteiger partial charge >= 0.3 is 0 Å². The highest BCUT2D eigenvalue weighted by Gasteiger charge is 2.24. The molecule has 1 aromatic heterocycles. The number of fused-ring (bicyclic) bond motifs is 1. The topological polar surface area (TPSA) is 50.5 Å². The lowest BCUT2D eigenvalue weighted by atomic mass is 10.1. The molecule has 1 saturated heterocycles. The van der Waals surface area contributed by atoms with Gasteiger partial charge in [0.1, 0.15) is 5.58 Å². The fourth-order valence-corrected chi connectivity index (χ4v) is 2.44. The second-order valence-corrected chi connectivity index (χ2v) is 5.02. The SMILES string of the molecule is Cc1ccc2oc(C(=O)N3CCCC(=O)C3)cc2c1. The number of ketones is 1. The molecule has 2 aromatic rings. The van der Waals surface area contributed by atoms with Gasteiger partial charge < -0.3 is 9.32 Å². The van der Waals surface area contributed by atoms with Crippen LogP contribution in [0.25, 0.3) is 11.0 Å². The van der Waals surface area contributed by atoms with Gasteiger partial charge in [-0.3, -0.25) is 9.59 Å². The number of benzene rings is 1. The molecule has 0 bridgehead atoms. The number of carbonyl (C=O) groups excluding carboxylic acids is 2. The van der Waals surface area contributed by atoms with Gasteiger partial charge in [0.25, 0.3) is 5.91 Å². The number of hydrogen-bond acceptors (Lipinski definition) is 3. The zero-order chi connectivity index (χ0) is 13.4. The average Bonchev–Trinajstić information content (AvgIpc) is 2.80. The Hall–Kier alpha value is -2.10. The highest BCUT2D eigenvalue weighted by atomic mass is 16.3.